The van der Waals surface area contributed by atoms with Crippen molar-refractivity contribution in [2.75, 3.05) is 0 Å². The Morgan fingerprint density at radius 3 is 3.00 bits per heavy atom. The van der Waals surface area contributed by atoms with E-state index in [-0.39, 0.29) is 0 Å². The summed E-state index contributed by atoms with van der Waals surface area (Å²) in [6.07, 6.45) is 1.85. The molecule has 0 fully saturated rings. The van der Waals surface area contributed by atoms with Crippen LogP contribution in [0.3, 0.4) is 0 Å². The summed E-state index contributed by atoms with van der Waals surface area (Å²) in [6.45, 7) is 3.04. The van der Waals surface area contributed by atoms with E-state index in [9.17, 15) is 0 Å². The van der Waals surface area contributed by atoms with Gasteiger partial charge in [-0.25, -0.2) is 9.97 Å². The van der Waals surface area contributed by atoms with Crippen LogP contribution in [-0.4, -0.2) is 14.5 Å². The molecule has 6 heteroatoms. The largest absolute Gasteiger partial charge is 0.326 e. The molecule has 0 saturated carbocycles. The maximum Gasteiger partial charge on any atom is 0.124 e. The summed E-state index contributed by atoms with van der Waals surface area (Å²) in [5, 5.41) is 3.17. The average molecular weight is 418 g/mol. The van der Waals surface area contributed by atoms with Gasteiger partial charge >= 0.3 is 0 Å². The number of hydrogen-bond donors (Lipinski definition) is 0. The smallest absolute Gasteiger partial charge is 0.124 e. The third-order valence-corrected chi connectivity index (χ3v) is 5.16. The van der Waals surface area contributed by atoms with Crippen LogP contribution >= 0.6 is 45.5 Å². The number of fused-ring (bicyclic) bond motifs is 1. The molecule has 1 aromatic carbocycles. The first-order valence-corrected chi connectivity index (χ1v) is 8.78. The van der Waals surface area contributed by atoms with Gasteiger partial charge in [0.25, 0.3) is 0 Å². The van der Waals surface area contributed by atoms with Crippen molar-refractivity contribution in [2.24, 2.45) is 0 Å². The van der Waals surface area contributed by atoms with Crippen molar-refractivity contribution in [1.29, 1.82) is 0 Å². The molecule has 0 spiro atoms. The lowest BCUT2D eigenvalue weighted by molar-refractivity contribution is 0.592. The van der Waals surface area contributed by atoms with Crippen molar-refractivity contribution in [2.45, 2.75) is 25.3 Å². The molecule has 2 heterocycles. The summed E-state index contributed by atoms with van der Waals surface area (Å²) < 4.78 is 3.40. The van der Waals surface area contributed by atoms with E-state index in [1.807, 2.05) is 11.6 Å². The van der Waals surface area contributed by atoms with Crippen LogP contribution in [0.1, 0.15) is 23.7 Å². The van der Waals surface area contributed by atoms with Gasteiger partial charge in [0.15, 0.2) is 0 Å². The Hall–Kier alpha value is -0.660. The predicted molar refractivity (Wildman–Crippen MR) is 92.5 cm³/mol. The van der Waals surface area contributed by atoms with E-state index in [0.29, 0.717) is 11.8 Å². The third-order valence-electron chi connectivity index (χ3n) is 3.24. The van der Waals surface area contributed by atoms with Crippen molar-refractivity contribution in [3.05, 3.63) is 44.2 Å². The predicted octanol–water partition coefficient (Wildman–Crippen LogP) is 4.64. The number of hydrogen-bond acceptors (Lipinski definition) is 3. The van der Waals surface area contributed by atoms with E-state index in [1.54, 1.807) is 11.3 Å². The Bertz CT molecular complexity index is 723. The van der Waals surface area contributed by atoms with Crippen LogP contribution in [0.4, 0.5) is 0 Å². The fourth-order valence-electron chi connectivity index (χ4n) is 2.29. The van der Waals surface area contributed by atoms with Gasteiger partial charge in [-0.15, -0.1) is 22.9 Å². The second-order valence-corrected chi connectivity index (χ2v) is 7.12. The molecular weight excluding hydrogens is 405 g/mol. The zero-order valence-electron chi connectivity index (χ0n) is 10.9. The lowest BCUT2D eigenvalue weighted by Gasteiger charge is -2.12. The van der Waals surface area contributed by atoms with E-state index in [0.717, 1.165) is 28.4 Å². The van der Waals surface area contributed by atoms with Crippen molar-refractivity contribution in [3.8, 4) is 0 Å². The van der Waals surface area contributed by atoms with Crippen molar-refractivity contribution in [3.63, 3.8) is 0 Å². The quantitative estimate of drug-likeness (QED) is 0.457. The van der Waals surface area contributed by atoms with E-state index in [2.05, 4.69) is 62.2 Å². The second-order valence-electron chi connectivity index (χ2n) is 4.68. The molecule has 2 aromatic heterocycles. The molecule has 20 heavy (non-hydrogen) atoms. The Balaban J connectivity index is 2.01. The van der Waals surface area contributed by atoms with E-state index in [4.69, 9.17) is 11.6 Å². The monoisotopic (exact) mass is 417 g/mol. The standard InChI is InChI=1S/C14H13ClIN3S/c1-9(14-17-4-5-20-14)8-19-12-3-2-10(16)6-11(12)18-13(19)7-15/h2-6,9H,7-8H2,1H3. The summed E-state index contributed by atoms with van der Waals surface area (Å²) in [5.74, 6) is 1.70. The Morgan fingerprint density at radius 1 is 1.45 bits per heavy atom. The lowest BCUT2D eigenvalue weighted by Crippen LogP contribution is -2.08. The summed E-state index contributed by atoms with van der Waals surface area (Å²) in [6, 6.07) is 6.32. The molecule has 3 rings (SSSR count). The lowest BCUT2D eigenvalue weighted by atomic mass is 10.2. The number of thiazole rings is 1. The van der Waals surface area contributed by atoms with Crippen LogP contribution in [0.15, 0.2) is 29.8 Å². The molecule has 0 N–H and O–H groups in total. The van der Waals surface area contributed by atoms with Crippen LogP contribution in [0.5, 0.6) is 0 Å². The minimum atomic E-state index is 0.355. The molecule has 0 aliphatic rings. The zero-order valence-corrected chi connectivity index (χ0v) is 14.6. The van der Waals surface area contributed by atoms with Gasteiger partial charge in [-0.3, -0.25) is 0 Å². The molecule has 0 aliphatic carbocycles. The maximum absolute atomic E-state index is 6.05. The van der Waals surface area contributed by atoms with Crippen LogP contribution in [0.25, 0.3) is 11.0 Å². The molecule has 0 radical (unpaired) electrons. The number of imidazole rings is 1. The molecule has 0 aliphatic heterocycles. The minimum Gasteiger partial charge on any atom is -0.326 e. The number of rotatable bonds is 4. The molecule has 1 atom stereocenters. The summed E-state index contributed by atoms with van der Waals surface area (Å²) in [5.41, 5.74) is 2.16. The van der Waals surface area contributed by atoms with Crippen LogP contribution in [0.2, 0.25) is 0 Å². The number of aromatic nitrogens is 3. The van der Waals surface area contributed by atoms with Gasteiger partial charge in [0.2, 0.25) is 0 Å². The highest BCUT2D eigenvalue weighted by atomic mass is 127. The molecule has 0 amide bonds. The molecule has 3 nitrogen and oxygen atoms in total. The van der Waals surface area contributed by atoms with Gasteiger partial charge in [-0.2, -0.15) is 0 Å². The highest BCUT2D eigenvalue weighted by Gasteiger charge is 2.15. The Morgan fingerprint density at radius 2 is 2.30 bits per heavy atom. The zero-order chi connectivity index (χ0) is 14.1. The SMILES string of the molecule is CC(Cn1c(CCl)nc2cc(I)ccc21)c1nccs1. The van der Waals surface area contributed by atoms with Crippen LogP contribution in [-0.2, 0) is 12.4 Å². The molecule has 1 unspecified atom stereocenters. The van der Waals surface area contributed by atoms with Crippen LogP contribution < -0.4 is 0 Å². The summed E-state index contributed by atoms with van der Waals surface area (Å²) in [4.78, 5) is 9.03. The normalized spacial score (nSPS) is 12.9. The number of halogens is 2. The maximum atomic E-state index is 6.05. The highest BCUT2D eigenvalue weighted by Crippen LogP contribution is 2.25. The van der Waals surface area contributed by atoms with Gasteiger partial charge in [-0.05, 0) is 40.8 Å². The molecule has 0 saturated heterocycles. The van der Waals surface area contributed by atoms with Gasteiger partial charge in [0.05, 0.1) is 21.9 Å². The van der Waals surface area contributed by atoms with E-state index < -0.39 is 0 Å². The Kier molecular flexibility index (Phi) is 4.28. The first-order chi connectivity index (χ1) is 9.69. The number of alkyl halides is 1. The molecule has 3 aromatic rings. The minimum absolute atomic E-state index is 0.355. The first kappa shape index (κ1) is 14.3. The molecule has 104 valence electrons. The third kappa shape index (κ3) is 2.71. The first-order valence-electron chi connectivity index (χ1n) is 6.29. The van der Waals surface area contributed by atoms with E-state index in [1.165, 1.54) is 3.57 Å². The fourth-order valence-corrected chi connectivity index (χ4v) is 3.66. The van der Waals surface area contributed by atoms with Crippen molar-refractivity contribution in [1.82, 2.24) is 14.5 Å². The molecule has 0 bridgehead atoms. The van der Waals surface area contributed by atoms with Gasteiger partial charge < -0.3 is 4.57 Å². The van der Waals surface area contributed by atoms with Gasteiger partial charge in [-0.1, -0.05) is 6.92 Å². The number of benzene rings is 1. The van der Waals surface area contributed by atoms with Crippen molar-refractivity contribution >= 4 is 56.6 Å². The average Bonchev–Trinajstić information content (AvgIpc) is 3.06. The van der Waals surface area contributed by atoms with Crippen molar-refractivity contribution < 1.29 is 0 Å². The number of nitrogens with zero attached hydrogens (tertiary/aromatic N) is 3. The van der Waals surface area contributed by atoms with E-state index >= 15 is 0 Å². The summed E-state index contributed by atoms with van der Waals surface area (Å²) >= 11 is 10.1. The van der Waals surface area contributed by atoms with Gasteiger partial charge in [0.1, 0.15) is 5.82 Å². The highest BCUT2D eigenvalue weighted by molar-refractivity contribution is 14.1. The fraction of sp³-hybridized carbons (Fsp3) is 0.286. The second kappa shape index (κ2) is 5.99. The molecular formula is C14H13ClIN3S. The topological polar surface area (TPSA) is 30.7 Å². The summed E-state index contributed by atoms with van der Waals surface area (Å²) in [7, 11) is 0. The van der Waals surface area contributed by atoms with Crippen LogP contribution in [0, 0.1) is 3.57 Å². The Labute approximate surface area is 140 Å². The van der Waals surface area contributed by atoms with Gasteiger partial charge in [0, 0.05) is 27.6 Å².